The van der Waals surface area contributed by atoms with Crippen molar-refractivity contribution in [2.24, 2.45) is 0 Å². The molecule has 0 bridgehead atoms. The van der Waals surface area contributed by atoms with Gasteiger partial charge in [0.05, 0.1) is 58.0 Å². The van der Waals surface area contributed by atoms with Crippen LogP contribution in [-0.4, -0.2) is 78.6 Å². The predicted molar refractivity (Wildman–Crippen MR) is 354 cm³/mol. The van der Waals surface area contributed by atoms with Crippen LogP contribution in [0.4, 0.5) is 4.39 Å². The highest BCUT2D eigenvalue weighted by molar-refractivity contribution is 9.69. The molecular weight excluding hydrogens is 1300 g/mol. The Morgan fingerprint density at radius 3 is 1.33 bits per heavy atom. The van der Waals surface area contributed by atoms with E-state index in [2.05, 4.69) is 138 Å². The fourth-order valence-corrected chi connectivity index (χ4v) is 10.2. The Bertz CT molecular complexity index is 3430. The molecule has 0 aliphatic heterocycles. The minimum atomic E-state index is -0.449. The molecule has 0 aliphatic rings. The summed E-state index contributed by atoms with van der Waals surface area (Å²) in [6.07, 6.45) is 12.8. The molecule has 0 atom stereocenters. The van der Waals surface area contributed by atoms with Crippen LogP contribution in [0.1, 0.15) is 128 Å². The molecule has 0 saturated carbocycles. The monoisotopic (exact) mass is 1370 g/mol. The van der Waals surface area contributed by atoms with Gasteiger partial charge >= 0.3 is 3.18 Å². The molecule has 0 unspecified atom stereocenters. The van der Waals surface area contributed by atoms with Gasteiger partial charge in [0.2, 0.25) is 0 Å². The van der Waals surface area contributed by atoms with Crippen LogP contribution in [0.5, 0.6) is 11.5 Å². The lowest BCUT2D eigenvalue weighted by molar-refractivity contribution is 0.111. The van der Waals surface area contributed by atoms with E-state index in [1.54, 1.807) is 81.0 Å². The van der Waals surface area contributed by atoms with Crippen LogP contribution in [0.2, 0.25) is 0 Å². The third-order valence-electron chi connectivity index (χ3n) is 11.7. The molecule has 0 radical (unpaired) electrons. The lowest BCUT2D eigenvalue weighted by atomic mass is 10.1. The Kier molecular flexibility index (Phi) is 31.3. The van der Waals surface area contributed by atoms with E-state index in [1.165, 1.54) is 23.9 Å². The molecule has 0 aliphatic carbocycles. The zero-order chi connectivity index (χ0) is 59.0. The van der Waals surface area contributed by atoms with Crippen LogP contribution in [0, 0.1) is 12.7 Å². The average molecular weight is 1380 g/mol. The minimum absolute atomic E-state index is 0. The summed E-state index contributed by atoms with van der Waals surface area (Å²) < 4.78 is 24.1. The second-order valence-corrected chi connectivity index (χ2v) is 26.9. The predicted octanol–water partition coefficient (Wildman–Crippen LogP) is 17.3. The van der Waals surface area contributed by atoms with Crippen LogP contribution >= 0.6 is 83.4 Å². The van der Waals surface area contributed by atoms with E-state index in [-0.39, 0.29) is 41.4 Å². The molecule has 6 aromatic heterocycles. The van der Waals surface area contributed by atoms with Gasteiger partial charge in [-0.2, -0.15) is 27.9 Å². The molecule has 14 nitrogen and oxygen atoms in total. The second kappa shape index (κ2) is 36.5. The first-order valence-corrected chi connectivity index (χ1v) is 30.7. The van der Waals surface area contributed by atoms with Gasteiger partial charge in [-0.25, -0.2) is 4.39 Å². The summed E-state index contributed by atoms with van der Waals surface area (Å²) in [6.45, 7) is 14.3. The van der Waals surface area contributed by atoms with Gasteiger partial charge in [0.1, 0.15) is 17.3 Å². The molecule has 0 amide bonds. The van der Waals surface area contributed by atoms with Crippen molar-refractivity contribution < 1.29 is 28.6 Å². The third kappa shape index (κ3) is 20.3. The summed E-state index contributed by atoms with van der Waals surface area (Å²) in [4.78, 5) is 48.1. The maximum absolute atomic E-state index is 12.6. The second-order valence-electron chi connectivity index (χ2n) is 18.2. The number of thioether (sulfide) groups is 2. The zero-order valence-electron chi connectivity index (χ0n) is 45.9. The molecule has 83 heavy (non-hydrogen) atoms. The fraction of sp³-hybridized carbons (Fsp3) is 0.262. The van der Waals surface area contributed by atoms with E-state index in [0.29, 0.717) is 58.3 Å². The van der Waals surface area contributed by atoms with E-state index >= 15 is 0 Å². The quantitative estimate of drug-likeness (QED) is 0.0382. The number of phenolic OH excluding ortho intramolecular Hbond substituents is 1. The molecular formula is C61H70BBr3FN9O5S3. The van der Waals surface area contributed by atoms with E-state index < -0.39 is 5.82 Å². The molecule has 0 spiro atoms. The lowest BCUT2D eigenvalue weighted by Crippen LogP contribution is -2.06. The van der Waals surface area contributed by atoms with Crippen LogP contribution in [0.25, 0.3) is 34.2 Å². The number of methoxy groups -OCH3 is 1. The Morgan fingerprint density at radius 2 is 0.952 bits per heavy atom. The standard InChI is InChI=1S/C20H21N3O2S.C19H19N3O2S.C12H15N3S.C8H7FO.2CH4.BBr3/c1-14(2)23-17(9-11-22-23)20-15(6-5-10-21-20)13-26-19-8-4-7-18(25-3)16(19)12-24;1-13(2)22-16(8-10-21-22)19-14(5-4-9-20-19)12-25-18-7-3-6-17(24)15(18)11-23;1-9(2)15-11(5-7-14-15)12-10(8-16)4-3-6-13-12;1-6-3-2-4-8(9)7(6)5-10;;;2-1(3)4/h4-12,14H,13H2,1-3H3;3-11,13,24H,12H2,1-2H3;3-7,9,16H,8H2,1-2H3;2-5H,1H3;2*1H4;. The summed E-state index contributed by atoms with van der Waals surface area (Å²) in [7, 11) is 1.57. The van der Waals surface area contributed by atoms with E-state index in [4.69, 9.17) is 4.74 Å². The summed E-state index contributed by atoms with van der Waals surface area (Å²) in [5.74, 6) is 2.16. The highest BCUT2D eigenvalue weighted by Gasteiger charge is 2.18. The third-order valence-corrected chi connectivity index (χ3v) is 14.3. The number of thiol groups is 1. The first kappa shape index (κ1) is 71.1. The van der Waals surface area contributed by atoms with Gasteiger partial charge in [0.15, 0.2) is 18.9 Å². The number of halogens is 4. The number of hydrogen-bond acceptors (Lipinski definition) is 14. The largest absolute Gasteiger partial charge is 0.507 e. The number of carbonyl (C=O) groups excluding carboxylic acids is 3. The van der Waals surface area contributed by atoms with Gasteiger partial charge in [-0.1, -0.05) is 57.3 Å². The molecule has 438 valence electrons. The SMILES string of the molecule is BrB(Br)Br.C.C.CC(C)n1nccc1-c1ncccc1CS.CC(C)n1nccc1-c1ncccc1CSc1cccc(O)c1C=O.COc1cccc(SCc2cccnc2-c2ccnn2C(C)C)c1C=O.Cc1cccc(F)c1C=O. The van der Waals surface area contributed by atoms with Gasteiger partial charge < -0.3 is 9.84 Å². The number of aryl methyl sites for hydroxylation is 1. The molecule has 0 fully saturated rings. The number of benzene rings is 3. The molecule has 9 rings (SSSR count). The molecule has 0 saturated heterocycles. The summed E-state index contributed by atoms with van der Waals surface area (Å²) in [5, 5.41) is 22.9. The van der Waals surface area contributed by atoms with Crippen molar-refractivity contribution in [2.75, 3.05) is 7.11 Å². The van der Waals surface area contributed by atoms with Gasteiger partial charge in [0.25, 0.3) is 0 Å². The van der Waals surface area contributed by atoms with E-state index in [0.717, 1.165) is 66.9 Å². The molecule has 22 heteroatoms. The zero-order valence-corrected chi connectivity index (χ0v) is 53.2. The van der Waals surface area contributed by atoms with Crippen LogP contribution < -0.4 is 4.74 Å². The normalized spacial score (nSPS) is 10.3. The van der Waals surface area contributed by atoms with Crippen LogP contribution in [-0.2, 0) is 17.3 Å². The number of carbonyl (C=O) groups is 3. The number of phenols is 1. The van der Waals surface area contributed by atoms with Crippen molar-refractivity contribution in [3.63, 3.8) is 0 Å². The summed E-state index contributed by atoms with van der Waals surface area (Å²) in [6, 6.07) is 33.9. The number of pyridine rings is 3. The van der Waals surface area contributed by atoms with Crippen LogP contribution in [0.15, 0.2) is 156 Å². The smallest absolute Gasteiger partial charge is 0.369 e. The summed E-state index contributed by atoms with van der Waals surface area (Å²) in [5.41, 5.74) is 10.8. The number of aromatic hydroxyl groups is 1. The summed E-state index contributed by atoms with van der Waals surface area (Å²) >= 11 is 16.7. The Hall–Kier alpha value is -6.17. The first-order valence-electron chi connectivity index (χ1n) is 25.3. The average Bonchev–Trinajstić information content (AvgIpc) is 4.46. The Balaban J connectivity index is 0.000000294. The highest BCUT2D eigenvalue weighted by atomic mass is 79.9. The molecule has 6 heterocycles. The van der Waals surface area contributed by atoms with Crippen molar-refractivity contribution in [2.45, 2.75) is 108 Å². The number of aldehydes is 3. The number of ether oxygens (including phenoxy) is 1. The van der Waals surface area contributed by atoms with Crippen molar-refractivity contribution in [1.29, 1.82) is 0 Å². The van der Waals surface area contributed by atoms with Crippen molar-refractivity contribution in [1.82, 2.24) is 44.3 Å². The van der Waals surface area contributed by atoms with Gasteiger partial charge in [-0.15, -0.1) is 70.8 Å². The maximum atomic E-state index is 12.6. The van der Waals surface area contributed by atoms with Crippen LogP contribution in [0.3, 0.4) is 0 Å². The molecule has 9 aromatic rings. The lowest BCUT2D eigenvalue weighted by Gasteiger charge is -2.14. The first-order chi connectivity index (χ1) is 39.0. The highest BCUT2D eigenvalue weighted by Crippen LogP contribution is 2.35. The van der Waals surface area contributed by atoms with E-state index in [1.807, 2.05) is 87.0 Å². The van der Waals surface area contributed by atoms with Gasteiger partial charge in [-0.3, -0.25) is 43.4 Å². The van der Waals surface area contributed by atoms with Crippen molar-refractivity contribution in [3.8, 4) is 45.7 Å². The number of hydrogen-bond donors (Lipinski definition) is 2. The molecule has 3 aromatic carbocycles. The maximum Gasteiger partial charge on any atom is 0.369 e. The number of rotatable bonds is 17. The van der Waals surface area contributed by atoms with Gasteiger partial charge in [0, 0.05) is 82.4 Å². The number of aromatic nitrogens is 9. The Labute approximate surface area is 526 Å². The van der Waals surface area contributed by atoms with E-state index in [9.17, 15) is 23.9 Å². The Morgan fingerprint density at radius 1 is 0.566 bits per heavy atom. The van der Waals surface area contributed by atoms with Crippen molar-refractivity contribution in [3.05, 3.63) is 191 Å². The topological polar surface area (TPSA) is 173 Å². The van der Waals surface area contributed by atoms with Gasteiger partial charge in [-0.05, 0) is 137 Å². The molecule has 1 N–H and O–H groups in total. The number of nitrogens with zero attached hydrogens (tertiary/aromatic N) is 9. The fourth-order valence-electron chi connectivity index (χ4n) is 7.93. The minimum Gasteiger partial charge on any atom is -0.507 e. The van der Waals surface area contributed by atoms with Crippen molar-refractivity contribution >= 4 is 105 Å².